The van der Waals surface area contributed by atoms with E-state index in [0.29, 0.717) is 5.75 Å². The number of amides is 1. The van der Waals surface area contributed by atoms with Crippen LogP contribution in [-0.2, 0) is 7.05 Å². The molecule has 2 aromatic heterocycles. The van der Waals surface area contributed by atoms with E-state index in [1.54, 1.807) is 27.3 Å². The smallest absolute Gasteiger partial charge is 0.414 e. The van der Waals surface area contributed by atoms with E-state index in [4.69, 9.17) is 9.47 Å². The first-order valence-electron chi connectivity index (χ1n) is 7.54. The summed E-state index contributed by atoms with van der Waals surface area (Å²) in [6.07, 6.45) is 3.54. The molecule has 1 aromatic carbocycles. The Balaban J connectivity index is 2.01. The molecule has 0 N–H and O–H groups in total. The number of carbonyl (C=O) groups is 1. The molecule has 0 saturated heterocycles. The van der Waals surface area contributed by atoms with Gasteiger partial charge in [0.05, 0.1) is 14.2 Å². The van der Waals surface area contributed by atoms with Crippen molar-refractivity contribution in [2.75, 3.05) is 21.2 Å². The lowest BCUT2D eigenvalue weighted by molar-refractivity contribution is -0.510. The molecular weight excluding hydrogens is 306 g/mol. The normalized spacial score (nSPS) is 10.7. The number of aromatic nitrogens is 2. The van der Waals surface area contributed by atoms with E-state index in [0.717, 1.165) is 22.7 Å². The van der Waals surface area contributed by atoms with Gasteiger partial charge in [0.15, 0.2) is 11.4 Å². The molecule has 3 rings (SSSR count). The maximum Gasteiger partial charge on any atom is 0.414 e. The van der Waals surface area contributed by atoms with Crippen LogP contribution in [0.15, 0.2) is 48.8 Å². The number of benzene rings is 1. The van der Waals surface area contributed by atoms with Gasteiger partial charge in [-0.25, -0.2) is 9.36 Å². The Morgan fingerprint density at radius 3 is 2.62 bits per heavy atom. The molecule has 0 saturated carbocycles. The third kappa shape index (κ3) is 2.90. The van der Waals surface area contributed by atoms with E-state index in [-0.39, 0.29) is 0 Å². The monoisotopic (exact) mass is 326 g/mol. The largest absolute Gasteiger partial charge is 0.493 e. The van der Waals surface area contributed by atoms with Crippen LogP contribution in [0.4, 0.5) is 4.79 Å². The summed E-state index contributed by atoms with van der Waals surface area (Å²) in [5, 5.41) is 0. The predicted octanol–water partition coefficient (Wildman–Crippen LogP) is 2.50. The standard InChI is InChI=1S/C18H20N3O3/c1-19(2)18(22)24-14-7-5-6-13(10-14)16-12-21-11-15(23-4)8-9-17(21)20(16)3/h5-12H,1-4H3/q+1. The zero-order valence-corrected chi connectivity index (χ0v) is 14.2. The van der Waals surface area contributed by atoms with Crippen molar-refractivity contribution in [3.05, 3.63) is 48.8 Å². The van der Waals surface area contributed by atoms with Gasteiger partial charge in [-0.1, -0.05) is 12.1 Å². The number of rotatable bonds is 3. The molecule has 0 radical (unpaired) electrons. The Kier molecular flexibility index (Phi) is 4.12. The number of imidazole rings is 1. The van der Waals surface area contributed by atoms with Crippen molar-refractivity contribution >= 4 is 11.7 Å². The quantitative estimate of drug-likeness (QED) is 0.695. The molecule has 0 bridgehead atoms. The first kappa shape index (κ1) is 15.9. The Labute approximate surface area is 140 Å². The van der Waals surface area contributed by atoms with E-state index in [2.05, 4.69) is 4.57 Å². The molecule has 0 spiro atoms. The van der Waals surface area contributed by atoms with Crippen molar-refractivity contribution < 1.29 is 18.7 Å². The minimum atomic E-state index is -0.400. The summed E-state index contributed by atoms with van der Waals surface area (Å²) in [7, 11) is 6.95. The second-order valence-electron chi connectivity index (χ2n) is 5.70. The number of aryl methyl sites for hydroxylation is 1. The number of hydrogen-bond donors (Lipinski definition) is 0. The summed E-state index contributed by atoms with van der Waals surface area (Å²) >= 11 is 0. The highest BCUT2D eigenvalue weighted by atomic mass is 16.6. The third-order valence-electron chi connectivity index (χ3n) is 3.83. The topological polar surface area (TPSA) is 47.8 Å². The molecule has 6 nitrogen and oxygen atoms in total. The van der Waals surface area contributed by atoms with Crippen molar-refractivity contribution in [1.82, 2.24) is 9.47 Å². The van der Waals surface area contributed by atoms with Gasteiger partial charge < -0.3 is 14.4 Å². The molecule has 0 aliphatic carbocycles. The van der Waals surface area contributed by atoms with Crippen molar-refractivity contribution in [3.63, 3.8) is 0 Å². The Hall–Kier alpha value is -3.02. The van der Waals surface area contributed by atoms with Crippen LogP contribution in [0.25, 0.3) is 16.9 Å². The number of pyridine rings is 1. The van der Waals surface area contributed by atoms with Gasteiger partial charge in [-0.3, -0.25) is 0 Å². The van der Waals surface area contributed by atoms with Gasteiger partial charge in [-0.2, -0.15) is 4.40 Å². The fraction of sp³-hybridized carbons (Fsp3) is 0.222. The Morgan fingerprint density at radius 1 is 1.12 bits per heavy atom. The average molecular weight is 326 g/mol. The van der Waals surface area contributed by atoms with Crippen LogP contribution in [0.2, 0.25) is 0 Å². The van der Waals surface area contributed by atoms with E-state index in [1.807, 2.05) is 54.2 Å². The summed E-state index contributed by atoms with van der Waals surface area (Å²) in [4.78, 5) is 13.1. The Morgan fingerprint density at radius 2 is 1.92 bits per heavy atom. The van der Waals surface area contributed by atoms with Gasteiger partial charge in [0, 0.05) is 25.7 Å². The highest BCUT2D eigenvalue weighted by Crippen LogP contribution is 2.25. The number of fused-ring (bicyclic) bond motifs is 1. The zero-order chi connectivity index (χ0) is 17.3. The highest BCUT2D eigenvalue weighted by Gasteiger charge is 2.17. The van der Waals surface area contributed by atoms with E-state index in [1.165, 1.54) is 4.90 Å². The van der Waals surface area contributed by atoms with Crippen molar-refractivity contribution in [1.29, 1.82) is 0 Å². The second-order valence-corrected chi connectivity index (χ2v) is 5.70. The van der Waals surface area contributed by atoms with Crippen LogP contribution >= 0.6 is 0 Å². The maximum atomic E-state index is 11.7. The molecule has 1 amide bonds. The third-order valence-corrected chi connectivity index (χ3v) is 3.83. The van der Waals surface area contributed by atoms with Crippen LogP contribution < -0.4 is 13.9 Å². The van der Waals surface area contributed by atoms with Crippen LogP contribution in [0.3, 0.4) is 0 Å². The van der Waals surface area contributed by atoms with Crippen LogP contribution in [0.1, 0.15) is 0 Å². The van der Waals surface area contributed by atoms with Gasteiger partial charge in [0.2, 0.25) is 0 Å². The van der Waals surface area contributed by atoms with E-state index >= 15 is 0 Å². The first-order valence-corrected chi connectivity index (χ1v) is 7.54. The lowest BCUT2D eigenvalue weighted by Gasteiger charge is -2.10. The number of methoxy groups -OCH3 is 1. The highest BCUT2D eigenvalue weighted by molar-refractivity contribution is 5.71. The first-order chi connectivity index (χ1) is 11.5. The minimum Gasteiger partial charge on any atom is -0.493 e. The predicted molar refractivity (Wildman–Crippen MR) is 90.3 cm³/mol. The minimum absolute atomic E-state index is 0.400. The average Bonchev–Trinajstić information content (AvgIpc) is 2.91. The molecule has 124 valence electrons. The maximum absolute atomic E-state index is 11.7. The van der Waals surface area contributed by atoms with E-state index in [9.17, 15) is 4.79 Å². The van der Waals surface area contributed by atoms with Crippen LogP contribution in [0.5, 0.6) is 11.5 Å². The summed E-state index contributed by atoms with van der Waals surface area (Å²) < 4.78 is 14.7. The Bertz CT molecular complexity index is 900. The van der Waals surface area contributed by atoms with Crippen LogP contribution in [-0.4, -0.2) is 36.8 Å². The number of hydrogen-bond acceptors (Lipinski definition) is 3. The van der Waals surface area contributed by atoms with Gasteiger partial charge in [-0.05, 0) is 18.2 Å². The molecular formula is C18H20N3O3+. The number of carbonyl (C=O) groups excluding carboxylic acids is 1. The lowest BCUT2D eigenvalue weighted by atomic mass is 10.1. The lowest BCUT2D eigenvalue weighted by Crippen LogP contribution is -2.25. The van der Waals surface area contributed by atoms with Crippen molar-refractivity contribution in [2.24, 2.45) is 7.05 Å². The molecule has 0 fully saturated rings. The number of nitrogens with zero attached hydrogens (tertiary/aromatic N) is 3. The van der Waals surface area contributed by atoms with Gasteiger partial charge >= 0.3 is 6.09 Å². The molecule has 0 unspecified atom stereocenters. The van der Waals surface area contributed by atoms with Crippen LogP contribution in [0, 0.1) is 0 Å². The van der Waals surface area contributed by atoms with Crippen molar-refractivity contribution in [2.45, 2.75) is 0 Å². The second kappa shape index (κ2) is 6.23. The molecule has 0 aliphatic rings. The molecule has 3 aromatic rings. The molecule has 6 heteroatoms. The fourth-order valence-corrected chi connectivity index (χ4v) is 2.52. The SMILES string of the molecule is COc1ccc2n(C)c(-c3cccc(OC(=O)N(C)C)c3)c[n+]2c1. The number of ether oxygens (including phenoxy) is 2. The summed E-state index contributed by atoms with van der Waals surface area (Å²) in [5.41, 5.74) is 3.00. The summed E-state index contributed by atoms with van der Waals surface area (Å²) in [5.74, 6) is 1.30. The fourth-order valence-electron chi connectivity index (χ4n) is 2.52. The molecule has 0 atom stereocenters. The molecule has 0 aliphatic heterocycles. The molecule has 24 heavy (non-hydrogen) atoms. The van der Waals surface area contributed by atoms with Crippen molar-refractivity contribution in [3.8, 4) is 22.8 Å². The van der Waals surface area contributed by atoms with Gasteiger partial charge in [-0.15, -0.1) is 0 Å². The van der Waals surface area contributed by atoms with Gasteiger partial charge in [0.25, 0.3) is 5.65 Å². The zero-order valence-electron chi connectivity index (χ0n) is 14.2. The van der Waals surface area contributed by atoms with E-state index < -0.39 is 6.09 Å². The summed E-state index contributed by atoms with van der Waals surface area (Å²) in [6, 6.07) is 11.4. The molecule has 2 heterocycles. The summed E-state index contributed by atoms with van der Waals surface area (Å²) in [6.45, 7) is 0. The van der Waals surface area contributed by atoms with Gasteiger partial charge in [0.1, 0.15) is 18.1 Å².